The number of nitrogens with two attached hydrogens (primary N) is 1. The van der Waals surface area contributed by atoms with Crippen LogP contribution in [0.5, 0.6) is 0 Å². The fourth-order valence-corrected chi connectivity index (χ4v) is 8.45. The standard InChI is InChI=1S/C9H16Br2N5O4P.C7H14N2O2.C5H9ClO2.C5H5N3O4.C5H7N3O3.C4H11Br2N2O2P.C2H6BrN.CO2.Br3OP.BrH/c1-15-8(6-12-9(15)16(17)18)7-20-21(19,13-4-2-10)14-5-3-11;1-5(2)8-9-7(10)11-6(3)4;1-4(2)3-8-5(6)7;1-7-3(4(9)10)2-6-5(7)8(11)12;1-7-4(3-9)2-6-5(7)8(10)11;5-1-3-7-11(9,10)8-4-2-6;3-1-2-4;2-1-3;1-5(2,3)4;/h6H,2-5,7H2,1H3,(H2,13,14,19);5-6H,1-4H3;4H,3H2,1-2H3;2H,1H3,(H,9,10);2,9H,3H2,1H3;1-4H2,(H3,7,8,9,10);1-2,4H2;;;1H. The predicted molar refractivity (Wildman–Crippen MR) is 358 cm³/mol. The molecule has 0 aliphatic heterocycles. The maximum absolute atomic E-state index is 12.5. The zero-order valence-electron chi connectivity index (χ0n) is 47.6. The van der Waals surface area contributed by atoms with E-state index in [0.717, 1.165) is 22.6 Å². The van der Waals surface area contributed by atoms with Crippen molar-refractivity contribution in [3.63, 3.8) is 0 Å². The van der Waals surface area contributed by atoms with Crippen LogP contribution in [0.4, 0.5) is 27.4 Å². The van der Waals surface area contributed by atoms with Gasteiger partial charge < -0.3 is 60.7 Å². The first kappa shape index (κ1) is 98.8. The molecule has 3 aromatic rings. The van der Waals surface area contributed by atoms with Crippen molar-refractivity contribution < 1.29 is 81.5 Å². The second-order valence-corrected chi connectivity index (χ2v) is 41.8. The molecule has 0 saturated carbocycles. The van der Waals surface area contributed by atoms with Crippen LogP contribution in [0.3, 0.4) is 0 Å². The summed E-state index contributed by atoms with van der Waals surface area (Å²) in [7, 11) is -2.25. The Bertz CT molecular complexity index is 2560. The Morgan fingerprint density at radius 2 is 1.09 bits per heavy atom. The summed E-state index contributed by atoms with van der Waals surface area (Å²) in [5, 5.41) is 69.2. The lowest BCUT2D eigenvalue weighted by atomic mass is 10.2. The van der Waals surface area contributed by atoms with Crippen molar-refractivity contribution in [3.8, 4) is 0 Å². The monoisotopic (exact) mass is 1910 g/mol. The first-order valence-electron chi connectivity index (χ1n) is 23.2. The van der Waals surface area contributed by atoms with Gasteiger partial charge in [0.05, 0.1) is 39.9 Å². The average Bonchev–Trinajstić information content (AvgIpc) is 4.30. The highest BCUT2D eigenvalue weighted by molar-refractivity contribution is 9.94. The maximum atomic E-state index is 12.5. The number of nitro groups is 3. The molecule has 506 valence electrons. The quantitative estimate of drug-likeness (QED) is 0.00975. The van der Waals surface area contributed by atoms with Gasteiger partial charge in [0, 0.05) is 117 Å². The molecule has 49 heteroatoms. The number of halogens is 10. The smallest absolute Gasteiger partial charge is 0.452 e. The Morgan fingerprint density at radius 1 is 0.736 bits per heavy atom. The van der Waals surface area contributed by atoms with Crippen LogP contribution in [0.1, 0.15) is 63.4 Å². The molecule has 0 saturated heterocycles. The molecule has 3 aromatic heterocycles. The van der Waals surface area contributed by atoms with Gasteiger partial charge in [-0.05, 0) is 48.4 Å². The number of carboxylic acids is 1. The maximum Gasteiger partial charge on any atom is 0.452 e. The number of hydrogen-bond donors (Lipinski definition) is 8. The van der Waals surface area contributed by atoms with Crippen molar-refractivity contribution in [2.24, 2.45) is 43.0 Å². The topological polar surface area (TPSA) is 507 Å². The Balaban J connectivity index is -0.000000173. The summed E-state index contributed by atoms with van der Waals surface area (Å²) < 4.78 is 49.3. The fourth-order valence-electron chi connectivity index (χ4n) is 4.00. The molecule has 1 amide bonds. The predicted octanol–water partition coefficient (Wildman–Crippen LogP) is 10.8. The summed E-state index contributed by atoms with van der Waals surface area (Å²) in [6.45, 7) is 13.8. The van der Waals surface area contributed by atoms with E-state index in [-0.39, 0.29) is 66.1 Å². The summed E-state index contributed by atoms with van der Waals surface area (Å²) in [6, 6.07) is 0.0368. The zero-order valence-corrected chi connectivity index (χ0v) is 65.4. The number of ether oxygens (including phenoxy) is 2. The van der Waals surface area contributed by atoms with Crippen LogP contribution in [0.25, 0.3) is 0 Å². The van der Waals surface area contributed by atoms with Gasteiger partial charge in [-0.15, -0.1) is 17.0 Å². The van der Waals surface area contributed by atoms with E-state index >= 15 is 0 Å². The van der Waals surface area contributed by atoms with Crippen molar-refractivity contribution >= 4 is 215 Å². The molecular formula is C38H69Br9ClN16O20P3. The molecule has 0 aliphatic carbocycles. The molecule has 3 rings (SSSR count). The van der Waals surface area contributed by atoms with Gasteiger partial charge in [0.2, 0.25) is 5.69 Å². The number of carbonyl (C=O) groups is 3. The van der Waals surface area contributed by atoms with Crippen LogP contribution in [0.2, 0.25) is 0 Å². The van der Waals surface area contributed by atoms with E-state index in [9.17, 15) is 58.4 Å². The summed E-state index contributed by atoms with van der Waals surface area (Å²) in [6.07, 6.45) is 3.05. The van der Waals surface area contributed by atoms with E-state index in [0.29, 0.717) is 71.4 Å². The molecule has 36 nitrogen and oxygen atoms in total. The van der Waals surface area contributed by atoms with Gasteiger partial charge in [-0.2, -0.15) is 14.7 Å². The Kier molecular flexibility index (Phi) is 67.2. The Labute approximate surface area is 581 Å². The number of nitrogens with zero attached hydrogens (tertiary/aromatic N) is 11. The van der Waals surface area contributed by atoms with Crippen LogP contribution in [0.15, 0.2) is 28.8 Å². The number of carbonyl (C=O) groups excluding carboxylic acids is 4. The molecule has 0 bridgehead atoms. The number of imidazole rings is 3. The third kappa shape index (κ3) is 61.5. The van der Waals surface area contributed by atoms with Crippen molar-refractivity contribution in [2.45, 2.75) is 66.9 Å². The number of amides is 1. The average molecular weight is 1920 g/mol. The largest absolute Gasteiger partial charge is 0.475 e. The summed E-state index contributed by atoms with van der Waals surface area (Å²) in [4.78, 5) is 95.9. The van der Waals surface area contributed by atoms with Crippen LogP contribution in [0, 0.1) is 36.3 Å². The van der Waals surface area contributed by atoms with Gasteiger partial charge in [0.1, 0.15) is 37.0 Å². The highest BCUT2D eigenvalue weighted by Gasteiger charge is 2.25. The second kappa shape index (κ2) is 59.2. The summed E-state index contributed by atoms with van der Waals surface area (Å²) >= 11 is 29.0. The number of hydrogen-bond acceptors (Lipinski definition) is 23. The molecule has 0 unspecified atom stereocenters. The molecule has 0 aliphatic rings. The van der Waals surface area contributed by atoms with Gasteiger partial charge in [-0.25, -0.2) is 48.4 Å². The SMILES string of the molecule is Br.CC(C)COC(=O)Cl.CC(C)N=NC(=O)OC(C)C.Cn1c(C(=O)O)cnc1[N+](=O)[O-].Cn1c(CO)cnc1[N+](=O)[O-].Cn1c(COP(=O)(NCCBr)NCCBr)cnc1[N+](=O)[O-].NCCBr.O=C=O.O=P(Br)(Br)Br.O=P(O)(NCCBr)NCCBr. The highest BCUT2D eigenvalue weighted by atomic mass is 80.0. The van der Waals surface area contributed by atoms with E-state index < -0.39 is 56.8 Å². The van der Waals surface area contributed by atoms with E-state index in [1.807, 2.05) is 27.7 Å². The van der Waals surface area contributed by atoms with Gasteiger partial charge in [-0.1, -0.05) is 114 Å². The van der Waals surface area contributed by atoms with E-state index in [4.69, 9.17) is 51.3 Å². The Hall–Kier alpha value is -1.80. The number of rotatable bonds is 25. The molecular weight excluding hydrogens is 1850 g/mol. The lowest BCUT2D eigenvalue weighted by molar-refractivity contribution is -0.396. The number of aliphatic hydroxyl groups is 1. The molecule has 0 fully saturated rings. The molecule has 0 atom stereocenters. The van der Waals surface area contributed by atoms with E-state index in [2.05, 4.69) is 176 Å². The van der Waals surface area contributed by atoms with E-state index in [1.54, 1.807) is 13.8 Å². The Morgan fingerprint density at radius 3 is 1.34 bits per heavy atom. The van der Waals surface area contributed by atoms with Crippen molar-refractivity contribution in [1.82, 2.24) is 49.0 Å². The minimum Gasteiger partial charge on any atom is -0.475 e. The minimum atomic E-state index is -3.29. The van der Waals surface area contributed by atoms with E-state index in [1.165, 1.54) is 42.7 Å². The highest BCUT2D eigenvalue weighted by Crippen LogP contribution is 2.68. The van der Waals surface area contributed by atoms with Crippen LogP contribution < -0.4 is 26.1 Å². The van der Waals surface area contributed by atoms with Gasteiger partial charge in [-0.3, -0.25) is 18.2 Å². The van der Waals surface area contributed by atoms with Crippen LogP contribution in [-0.4, -0.2) is 160 Å². The van der Waals surface area contributed by atoms with Crippen LogP contribution in [-0.2, 0) is 71.6 Å². The number of carboxylic acid groups (broad SMARTS) is 1. The number of alkyl halides is 5. The van der Waals surface area contributed by atoms with Crippen molar-refractivity contribution in [3.05, 3.63) is 66.0 Å². The number of aliphatic hydroxyl groups excluding tert-OH is 1. The van der Waals surface area contributed by atoms with Gasteiger partial charge in [0.15, 0.2) is 6.20 Å². The molecule has 0 aromatic carbocycles. The molecule has 9 N–H and O–H groups in total. The third-order valence-electron chi connectivity index (χ3n) is 7.36. The lowest BCUT2D eigenvalue weighted by Crippen LogP contribution is -2.27. The zero-order chi connectivity index (χ0) is 68.4. The summed E-state index contributed by atoms with van der Waals surface area (Å²) in [5.41, 5.74) is 4.94. The van der Waals surface area contributed by atoms with Gasteiger partial charge in [0.25, 0.3) is 3.25 Å². The first-order valence-corrected chi connectivity index (χ1v) is 40.3. The number of azo groups is 1. The summed E-state index contributed by atoms with van der Waals surface area (Å²) in [5.74, 6) is -1.90. The number of aromatic carboxylic acids is 1. The third-order valence-corrected chi connectivity index (χ3v) is 12.6. The van der Waals surface area contributed by atoms with Crippen molar-refractivity contribution in [1.29, 1.82) is 0 Å². The number of nitrogens with one attached hydrogen (secondary N) is 4. The lowest BCUT2D eigenvalue weighted by Gasteiger charge is -2.19. The minimum absolute atomic E-state index is 0. The fraction of sp³-hybridized carbons (Fsp3) is 0.658. The normalized spacial score (nSPS) is 10.4. The number of aromatic nitrogens is 6. The molecule has 0 spiro atoms. The first-order chi connectivity index (χ1) is 39.7. The second-order valence-electron chi connectivity index (χ2n) is 15.4. The molecule has 3 heterocycles. The van der Waals surface area contributed by atoms with Crippen LogP contribution >= 0.6 is 173 Å². The molecule has 0 radical (unpaired) electrons. The molecule has 87 heavy (non-hydrogen) atoms. The van der Waals surface area contributed by atoms with Crippen molar-refractivity contribution in [2.75, 3.05) is 66.0 Å². The van der Waals surface area contributed by atoms with Gasteiger partial charge >= 0.3 is 56.8 Å².